The molecule has 0 aliphatic carbocycles. The Balaban J connectivity index is 1.75. The van der Waals surface area contributed by atoms with E-state index in [2.05, 4.69) is 27.0 Å². The standard InChI is InChI=1S/C19H20N4O2/c24-19(25)16-12-15-17(22-9-4-5-10-22)20-13-21-18(15)23(16)11-8-14-6-2-1-3-7-14/h1-3,6-7,12-13H,4-5,8-11H2,(H,24,25). The Morgan fingerprint density at radius 3 is 2.60 bits per heavy atom. The van der Waals surface area contributed by atoms with Crippen molar-refractivity contribution in [1.82, 2.24) is 14.5 Å². The van der Waals surface area contributed by atoms with Crippen molar-refractivity contribution in [3.05, 3.63) is 54.0 Å². The van der Waals surface area contributed by atoms with Crippen molar-refractivity contribution in [2.24, 2.45) is 0 Å². The molecule has 3 heterocycles. The van der Waals surface area contributed by atoms with Gasteiger partial charge in [0.15, 0.2) is 0 Å². The minimum absolute atomic E-state index is 0.270. The summed E-state index contributed by atoms with van der Waals surface area (Å²) >= 11 is 0. The maximum atomic E-state index is 11.8. The van der Waals surface area contributed by atoms with Crippen LogP contribution in [0.5, 0.6) is 0 Å². The van der Waals surface area contributed by atoms with Gasteiger partial charge in [0.25, 0.3) is 0 Å². The number of aryl methyl sites for hydroxylation is 2. The van der Waals surface area contributed by atoms with Gasteiger partial charge in [0, 0.05) is 19.6 Å². The molecule has 1 fully saturated rings. The van der Waals surface area contributed by atoms with E-state index in [1.54, 1.807) is 17.0 Å². The molecule has 1 N–H and O–H groups in total. The molecule has 0 saturated carbocycles. The fourth-order valence-electron chi connectivity index (χ4n) is 3.52. The molecular formula is C19H20N4O2. The molecular weight excluding hydrogens is 316 g/mol. The van der Waals surface area contributed by atoms with E-state index in [0.29, 0.717) is 12.2 Å². The van der Waals surface area contributed by atoms with E-state index in [4.69, 9.17) is 0 Å². The Kier molecular flexibility index (Phi) is 4.09. The fraction of sp³-hybridized carbons (Fsp3) is 0.316. The van der Waals surface area contributed by atoms with Crippen LogP contribution in [0.4, 0.5) is 5.82 Å². The van der Waals surface area contributed by atoms with Crippen molar-refractivity contribution in [3.63, 3.8) is 0 Å². The average Bonchev–Trinajstić information content (AvgIpc) is 3.28. The fourth-order valence-corrected chi connectivity index (χ4v) is 3.52. The highest BCUT2D eigenvalue weighted by molar-refractivity contribution is 5.97. The zero-order valence-electron chi connectivity index (χ0n) is 13.9. The smallest absolute Gasteiger partial charge is 0.352 e. The molecule has 0 radical (unpaired) electrons. The van der Waals surface area contributed by atoms with Crippen LogP contribution in [0.3, 0.4) is 0 Å². The molecule has 0 unspecified atom stereocenters. The van der Waals surface area contributed by atoms with Crippen molar-refractivity contribution in [2.75, 3.05) is 18.0 Å². The van der Waals surface area contributed by atoms with Crippen LogP contribution >= 0.6 is 0 Å². The van der Waals surface area contributed by atoms with Gasteiger partial charge in [-0.15, -0.1) is 0 Å². The number of hydrogen-bond donors (Lipinski definition) is 1. The van der Waals surface area contributed by atoms with Gasteiger partial charge in [-0.2, -0.15) is 0 Å². The summed E-state index contributed by atoms with van der Waals surface area (Å²) in [4.78, 5) is 22.8. The zero-order valence-corrected chi connectivity index (χ0v) is 13.9. The summed E-state index contributed by atoms with van der Waals surface area (Å²) in [5.41, 5.74) is 2.15. The number of aromatic carboxylic acids is 1. The van der Waals surface area contributed by atoms with Crippen LogP contribution in [0.15, 0.2) is 42.7 Å². The third-order valence-corrected chi connectivity index (χ3v) is 4.76. The van der Waals surface area contributed by atoms with E-state index < -0.39 is 5.97 Å². The lowest BCUT2D eigenvalue weighted by molar-refractivity contribution is 0.0685. The van der Waals surface area contributed by atoms with E-state index in [1.165, 1.54) is 5.56 Å². The highest BCUT2D eigenvalue weighted by Crippen LogP contribution is 2.29. The molecule has 0 amide bonds. The van der Waals surface area contributed by atoms with Crippen LogP contribution in [0.1, 0.15) is 28.9 Å². The van der Waals surface area contributed by atoms with Gasteiger partial charge in [-0.05, 0) is 30.9 Å². The maximum Gasteiger partial charge on any atom is 0.352 e. The first-order valence-corrected chi connectivity index (χ1v) is 8.60. The molecule has 2 aromatic heterocycles. The minimum Gasteiger partial charge on any atom is -0.477 e. The number of rotatable bonds is 5. The Morgan fingerprint density at radius 2 is 1.88 bits per heavy atom. The number of nitrogens with zero attached hydrogens (tertiary/aromatic N) is 4. The van der Waals surface area contributed by atoms with E-state index in [1.807, 2.05) is 18.2 Å². The van der Waals surface area contributed by atoms with Gasteiger partial charge >= 0.3 is 5.97 Å². The van der Waals surface area contributed by atoms with Gasteiger partial charge in [-0.25, -0.2) is 14.8 Å². The van der Waals surface area contributed by atoms with Gasteiger partial charge < -0.3 is 14.6 Å². The lowest BCUT2D eigenvalue weighted by Crippen LogP contribution is -2.19. The van der Waals surface area contributed by atoms with E-state index in [9.17, 15) is 9.90 Å². The molecule has 25 heavy (non-hydrogen) atoms. The van der Waals surface area contributed by atoms with E-state index in [-0.39, 0.29) is 5.69 Å². The van der Waals surface area contributed by atoms with Crippen molar-refractivity contribution in [1.29, 1.82) is 0 Å². The second-order valence-electron chi connectivity index (χ2n) is 6.35. The normalized spacial score (nSPS) is 14.3. The molecule has 0 spiro atoms. The molecule has 0 atom stereocenters. The summed E-state index contributed by atoms with van der Waals surface area (Å²) < 4.78 is 1.80. The summed E-state index contributed by atoms with van der Waals surface area (Å²) in [5, 5.41) is 10.5. The van der Waals surface area contributed by atoms with Crippen LogP contribution in [-0.2, 0) is 13.0 Å². The Hall–Kier alpha value is -2.89. The molecule has 3 aromatic rings. The van der Waals surface area contributed by atoms with Gasteiger partial charge in [0.05, 0.1) is 5.39 Å². The molecule has 6 heteroatoms. The average molecular weight is 336 g/mol. The monoisotopic (exact) mass is 336 g/mol. The Bertz CT molecular complexity index is 898. The predicted molar refractivity (Wildman–Crippen MR) is 96.1 cm³/mol. The molecule has 1 aromatic carbocycles. The van der Waals surface area contributed by atoms with Crippen LogP contribution in [0, 0.1) is 0 Å². The Labute approximate surface area is 145 Å². The summed E-state index contributed by atoms with van der Waals surface area (Å²) in [6.07, 6.45) is 4.59. The number of aromatic nitrogens is 3. The lowest BCUT2D eigenvalue weighted by Gasteiger charge is -2.16. The molecule has 4 rings (SSSR count). The van der Waals surface area contributed by atoms with E-state index in [0.717, 1.165) is 43.6 Å². The summed E-state index contributed by atoms with van der Waals surface area (Å²) in [6, 6.07) is 11.8. The molecule has 1 aliphatic rings. The second-order valence-corrected chi connectivity index (χ2v) is 6.35. The molecule has 128 valence electrons. The second kappa shape index (κ2) is 6.55. The summed E-state index contributed by atoms with van der Waals surface area (Å²) in [7, 11) is 0. The first-order valence-electron chi connectivity index (χ1n) is 8.60. The predicted octanol–water partition coefficient (Wildman–Crippen LogP) is 2.97. The van der Waals surface area contributed by atoms with Crippen LogP contribution < -0.4 is 4.90 Å². The third-order valence-electron chi connectivity index (χ3n) is 4.76. The van der Waals surface area contributed by atoms with Gasteiger partial charge in [-0.1, -0.05) is 30.3 Å². The number of carboxylic acids is 1. The van der Waals surface area contributed by atoms with Crippen LogP contribution in [-0.4, -0.2) is 38.7 Å². The van der Waals surface area contributed by atoms with Gasteiger partial charge in [0.2, 0.25) is 0 Å². The third kappa shape index (κ3) is 2.95. The Morgan fingerprint density at radius 1 is 1.12 bits per heavy atom. The van der Waals surface area contributed by atoms with Crippen LogP contribution in [0.25, 0.3) is 11.0 Å². The van der Waals surface area contributed by atoms with Crippen molar-refractivity contribution in [2.45, 2.75) is 25.8 Å². The number of benzene rings is 1. The largest absolute Gasteiger partial charge is 0.477 e. The first kappa shape index (κ1) is 15.6. The number of carboxylic acid groups (broad SMARTS) is 1. The topological polar surface area (TPSA) is 71.2 Å². The van der Waals surface area contributed by atoms with E-state index >= 15 is 0 Å². The molecule has 1 aliphatic heterocycles. The summed E-state index contributed by atoms with van der Waals surface area (Å²) in [5.74, 6) is -0.0816. The lowest BCUT2D eigenvalue weighted by atomic mass is 10.1. The number of anilines is 1. The quantitative estimate of drug-likeness (QED) is 0.775. The molecule has 0 bridgehead atoms. The van der Waals surface area contributed by atoms with Crippen molar-refractivity contribution < 1.29 is 9.90 Å². The maximum absolute atomic E-state index is 11.8. The van der Waals surface area contributed by atoms with Crippen LogP contribution in [0.2, 0.25) is 0 Å². The molecule has 1 saturated heterocycles. The SMILES string of the molecule is O=C(O)c1cc2c(N3CCCC3)ncnc2n1CCc1ccccc1. The first-order chi connectivity index (χ1) is 12.2. The summed E-state index contributed by atoms with van der Waals surface area (Å²) in [6.45, 7) is 2.50. The number of carbonyl (C=O) groups is 1. The zero-order chi connectivity index (χ0) is 17.2. The highest BCUT2D eigenvalue weighted by Gasteiger charge is 2.22. The number of hydrogen-bond acceptors (Lipinski definition) is 4. The van der Waals surface area contributed by atoms with Gasteiger partial charge in [0.1, 0.15) is 23.5 Å². The van der Waals surface area contributed by atoms with Gasteiger partial charge in [-0.3, -0.25) is 0 Å². The van der Waals surface area contributed by atoms with Crippen molar-refractivity contribution in [3.8, 4) is 0 Å². The van der Waals surface area contributed by atoms with Crippen molar-refractivity contribution >= 4 is 22.8 Å². The number of fused-ring (bicyclic) bond motifs is 1. The highest BCUT2D eigenvalue weighted by atomic mass is 16.4. The molecule has 6 nitrogen and oxygen atoms in total. The minimum atomic E-state index is -0.932.